The highest BCUT2D eigenvalue weighted by atomic mass is 32.2. The molecule has 2 heterocycles. The van der Waals surface area contributed by atoms with E-state index in [2.05, 4.69) is 29.3 Å². The average Bonchev–Trinajstić information content (AvgIpc) is 3.05. The molecule has 0 saturated carbocycles. The third-order valence-electron chi connectivity index (χ3n) is 5.66. The lowest BCUT2D eigenvalue weighted by molar-refractivity contribution is -0.116. The van der Waals surface area contributed by atoms with Gasteiger partial charge in [0.1, 0.15) is 0 Å². The maximum Gasteiger partial charge on any atom is 0.329 e. The summed E-state index contributed by atoms with van der Waals surface area (Å²) in [5.74, 6) is 2.29. The van der Waals surface area contributed by atoms with Crippen molar-refractivity contribution in [3.8, 4) is 0 Å². The number of aryl methyl sites for hydroxylation is 2. The van der Waals surface area contributed by atoms with Crippen LogP contribution in [0.15, 0.2) is 53.3 Å². The molecule has 3 aromatic rings. The summed E-state index contributed by atoms with van der Waals surface area (Å²) < 4.78 is 3.52. The van der Waals surface area contributed by atoms with Gasteiger partial charge in [-0.05, 0) is 36.2 Å². The fourth-order valence-electron chi connectivity index (χ4n) is 4.13. The lowest BCUT2D eigenvalue weighted by atomic mass is 10.2. The van der Waals surface area contributed by atoms with Gasteiger partial charge in [-0.1, -0.05) is 31.2 Å². The predicted molar refractivity (Wildman–Crippen MR) is 129 cm³/mol. The molecule has 7 heteroatoms. The molecule has 0 radical (unpaired) electrons. The summed E-state index contributed by atoms with van der Waals surface area (Å²) in [4.78, 5) is 27.9. The molecule has 0 atom stereocenters. The van der Waals surface area contributed by atoms with Crippen molar-refractivity contribution >= 4 is 34.4 Å². The number of hydrogen-bond acceptors (Lipinski definition) is 4. The number of amides is 1. The first-order valence-electron chi connectivity index (χ1n) is 11.0. The monoisotopic (exact) mass is 438 g/mol. The van der Waals surface area contributed by atoms with E-state index in [-0.39, 0.29) is 18.0 Å². The zero-order chi connectivity index (χ0) is 21.6. The number of imidazole rings is 1. The molecule has 1 aliphatic rings. The SMILES string of the molecule is CCCn1c(=O)n(CCC(=O)Nc2cccc(CN3CCSCC3)c2)c2ccccc21. The van der Waals surface area contributed by atoms with Crippen LogP contribution in [0.2, 0.25) is 0 Å². The van der Waals surface area contributed by atoms with Crippen LogP contribution in [0.25, 0.3) is 11.0 Å². The van der Waals surface area contributed by atoms with E-state index in [9.17, 15) is 9.59 Å². The minimum Gasteiger partial charge on any atom is -0.326 e. The van der Waals surface area contributed by atoms with Crippen molar-refractivity contribution < 1.29 is 4.79 Å². The number of para-hydroxylation sites is 2. The lowest BCUT2D eigenvalue weighted by Gasteiger charge is -2.26. The van der Waals surface area contributed by atoms with E-state index in [1.807, 2.05) is 48.2 Å². The Bertz CT molecular complexity index is 1100. The minimum atomic E-state index is -0.0780. The Kier molecular flexibility index (Phi) is 7.14. The quantitative estimate of drug-likeness (QED) is 0.581. The minimum absolute atomic E-state index is 0.0439. The van der Waals surface area contributed by atoms with Crippen LogP contribution in [0.4, 0.5) is 5.69 Å². The molecule has 0 aliphatic carbocycles. The number of anilines is 1. The van der Waals surface area contributed by atoms with Crippen LogP contribution in [-0.2, 0) is 24.4 Å². The van der Waals surface area contributed by atoms with E-state index >= 15 is 0 Å². The van der Waals surface area contributed by atoms with Crippen molar-refractivity contribution in [2.24, 2.45) is 0 Å². The highest BCUT2D eigenvalue weighted by molar-refractivity contribution is 7.99. The number of hydrogen-bond donors (Lipinski definition) is 1. The van der Waals surface area contributed by atoms with Crippen molar-refractivity contribution in [2.45, 2.75) is 39.4 Å². The lowest BCUT2D eigenvalue weighted by Crippen LogP contribution is -2.31. The van der Waals surface area contributed by atoms with Gasteiger partial charge in [0.2, 0.25) is 5.91 Å². The van der Waals surface area contributed by atoms with Gasteiger partial charge < -0.3 is 5.32 Å². The number of fused-ring (bicyclic) bond motifs is 1. The van der Waals surface area contributed by atoms with Crippen LogP contribution in [0.3, 0.4) is 0 Å². The van der Waals surface area contributed by atoms with Gasteiger partial charge in [-0.25, -0.2) is 4.79 Å². The van der Waals surface area contributed by atoms with Gasteiger partial charge >= 0.3 is 5.69 Å². The van der Waals surface area contributed by atoms with Gasteiger partial charge in [-0.15, -0.1) is 0 Å². The molecule has 164 valence electrons. The van der Waals surface area contributed by atoms with E-state index < -0.39 is 0 Å². The van der Waals surface area contributed by atoms with Crippen LogP contribution in [0.1, 0.15) is 25.3 Å². The van der Waals surface area contributed by atoms with Gasteiger partial charge in [0.15, 0.2) is 0 Å². The summed E-state index contributed by atoms with van der Waals surface area (Å²) in [5.41, 5.74) is 3.80. The number of nitrogens with one attached hydrogen (secondary N) is 1. The van der Waals surface area contributed by atoms with Gasteiger partial charge in [0.25, 0.3) is 0 Å². The Morgan fingerprint density at radius 3 is 2.42 bits per heavy atom. The molecule has 1 saturated heterocycles. The summed E-state index contributed by atoms with van der Waals surface area (Å²) in [6.45, 7) is 6.25. The molecule has 0 unspecified atom stereocenters. The highest BCUT2D eigenvalue weighted by Gasteiger charge is 2.14. The number of rotatable bonds is 8. The second-order valence-electron chi connectivity index (χ2n) is 7.96. The summed E-state index contributed by atoms with van der Waals surface area (Å²) in [6, 6.07) is 15.9. The number of aromatic nitrogens is 2. The normalized spacial score (nSPS) is 14.7. The maximum absolute atomic E-state index is 12.9. The van der Waals surface area contributed by atoms with E-state index in [1.54, 1.807) is 9.13 Å². The van der Waals surface area contributed by atoms with Crippen LogP contribution >= 0.6 is 11.8 Å². The molecule has 0 spiro atoms. The van der Waals surface area contributed by atoms with Crippen molar-refractivity contribution in [1.29, 1.82) is 0 Å². The van der Waals surface area contributed by atoms with Crippen molar-refractivity contribution in [1.82, 2.24) is 14.0 Å². The number of nitrogens with zero attached hydrogens (tertiary/aromatic N) is 3. The van der Waals surface area contributed by atoms with E-state index in [0.29, 0.717) is 13.1 Å². The molecule has 2 aromatic carbocycles. The maximum atomic E-state index is 12.9. The number of thioether (sulfide) groups is 1. The number of carbonyl (C=O) groups excluding carboxylic acids is 1. The summed E-state index contributed by atoms with van der Waals surface area (Å²) in [7, 11) is 0. The molecule has 31 heavy (non-hydrogen) atoms. The fraction of sp³-hybridized carbons (Fsp3) is 0.417. The molecule has 0 bridgehead atoms. The van der Waals surface area contributed by atoms with Gasteiger partial charge in [0, 0.05) is 56.3 Å². The van der Waals surface area contributed by atoms with Crippen LogP contribution in [0, 0.1) is 0 Å². The Hall–Kier alpha value is -2.51. The van der Waals surface area contributed by atoms with Gasteiger partial charge in [0.05, 0.1) is 11.0 Å². The van der Waals surface area contributed by atoms with Crippen molar-refractivity contribution in [3.63, 3.8) is 0 Å². The summed E-state index contributed by atoms with van der Waals surface area (Å²) >= 11 is 2.01. The first-order valence-corrected chi connectivity index (χ1v) is 12.2. The molecule has 1 N–H and O–H groups in total. The molecule has 1 aromatic heterocycles. The smallest absolute Gasteiger partial charge is 0.326 e. The highest BCUT2D eigenvalue weighted by Crippen LogP contribution is 2.17. The summed E-state index contributed by atoms with van der Waals surface area (Å²) in [6.07, 6.45) is 1.15. The molecule has 4 rings (SSSR count). The molecule has 6 nitrogen and oxygen atoms in total. The zero-order valence-corrected chi connectivity index (χ0v) is 18.9. The third-order valence-corrected chi connectivity index (χ3v) is 6.60. The second-order valence-corrected chi connectivity index (χ2v) is 9.19. The number of carbonyl (C=O) groups is 1. The molecule has 1 fully saturated rings. The van der Waals surface area contributed by atoms with Crippen LogP contribution in [0.5, 0.6) is 0 Å². The van der Waals surface area contributed by atoms with E-state index in [4.69, 9.17) is 0 Å². The Labute approximate surface area is 187 Å². The van der Waals surface area contributed by atoms with Crippen LogP contribution in [-0.4, -0.2) is 44.5 Å². The Morgan fingerprint density at radius 2 is 1.71 bits per heavy atom. The van der Waals surface area contributed by atoms with Crippen molar-refractivity contribution in [3.05, 3.63) is 64.6 Å². The van der Waals surface area contributed by atoms with Gasteiger partial charge in [-0.3, -0.25) is 18.8 Å². The number of benzene rings is 2. The largest absolute Gasteiger partial charge is 0.329 e. The Morgan fingerprint density at radius 1 is 1.00 bits per heavy atom. The molecule has 1 amide bonds. The zero-order valence-electron chi connectivity index (χ0n) is 18.0. The average molecular weight is 439 g/mol. The second kappa shape index (κ2) is 10.2. The van der Waals surface area contributed by atoms with Crippen LogP contribution < -0.4 is 11.0 Å². The standard InChI is InChI=1S/C24H30N4O2S/c1-2-11-27-21-8-3-4-9-22(21)28(24(27)30)12-10-23(29)25-20-7-5-6-19(17-20)18-26-13-15-31-16-14-26/h3-9,17H,2,10-16,18H2,1H3,(H,25,29). The Balaban J connectivity index is 1.40. The topological polar surface area (TPSA) is 59.3 Å². The molecular formula is C24H30N4O2S. The van der Waals surface area contributed by atoms with Crippen molar-refractivity contribution in [2.75, 3.05) is 29.9 Å². The fourth-order valence-corrected chi connectivity index (χ4v) is 5.11. The third kappa shape index (κ3) is 5.22. The first kappa shape index (κ1) is 21.7. The van der Waals surface area contributed by atoms with E-state index in [0.717, 1.165) is 42.8 Å². The van der Waals surface area contributed by atoms with Gasteiger partial charge in [-0.2, -0.15) is 11.8 Å². The predicted octanol–water partition coefficient (Wildman–Crippen LogP) is 3.79. The first-order chi connectivity index (χ1) is 15.2. The summed E-state index contributed by atoms with van der Waals surface area (Å²) in [5, 5.41) is 3.01. The van der Waals surface area contributed by atoms with E-state index in [1.165, 1.54) is 17.1 Å². The molecular weight excluding hydrogens is 408 g/mol. The molecule has 1 aliphatic heterocycles.